The van der Waals surface area contributed by atoms with Crippen molar-refractivity contribution in [2.24, 2.45) is 29.6 Å². The first kappa shape index (κ1) is 12.6. The summed E-state index contributed by atoms with van der Waals surface area (Å²) < 4.78 is 0. The van der Waals surface area contributed by atoms with E-state index in [1.54, 1.807) is 4.90 Å². The zero-order valence-electron chi connectivity index (χ0n) is 11.8. The van der Waals surface area contributed by atoms with E-state index in [0.717, 1.165) is 25.9 Å². The zero-order chi connectivity index (χ0) is 13.7. The van der Waals surface area contributed by atoms with Crippen molar-refractivity contribution in [1.29, 1.82) is 0 Å². The summed E-state index contributed by atoms with van der Waals surface area (Å²) in [7, 11) is 0. The van der Waals surface area contributed by atoms with Crippen LogP contribution < -0.4 is 5.32 Å². The number of likely N-dealkylation sites (tertiary alicyclic amines) is 1. The topological polar surface area (TPSA) is 49.4 Å². The van der Waals surface area contributed by atoms with Crippen LogP contribution in [0, 0.1) is 29.6 Å². The number of carbonyl (C=O) groups excluding carboxylic acids is 2. The highest BCUT2D eigenvalue weighted by atomic mass is 16.2. The maximum Gasteiger partial charge on any atom is 0.233 e. The summed E-state index contributed by atoms with van der Waals surface area (Å²) in [6.07, 6.45) is 8.74. The van der Waals surface area contributed by atoms with E-state index >= 15 is 0 Å². The minimum absolute atomic E-state index is 0.0259. The van der Waals surface area contributed by atoms with Crippen molar-refractivity contribution in [3.8, 4) is 0 Å². The predicted octanol–water partition coefficient (Wildman–Crippen LogP) is 1.18. The highest BCUT2D eigenvalue weighted by Crippen LogP contribution is 2.52. The first-order valence-corrected chi connectivity index (χ1v) is 8.00. The number of allylic oxidation sites excluding steroid dienone is 2. The van der Waals surface area contributed by atoms with Crippen LogP contribution in [0.1, 0.15) is 25.7 Å². The van der Waals surface area contributed by atoms with E-state index in [0.29, 0.717) is 24.3 Å². The van der Waals surface area contributed by atoms with Gasteiger partial charge in [0.2, 0.25) is 11.8 Å². The molecule has 5 unspecified atom stereocenters. The van der Waals surface area contributed by atoms with Gasteiger partial charge >= 0.3 is 0 Å². The average molecular weight is 274 g/mol. The molecule has 20 heavy (non-hydrogen) atoms. The second kappa shape index (κ2) is 4.69. The van der Waals surface area contributed by atoms with E-state index in [1.165, 1.54) is 12.8 Å². The molecule has 0 aromatic rings. The maximum absolute atomic E-state index is 12.5. The summed E-state index contributed by atoms with van der Waals surface area (Å²) in [5.74, 6) is 1.47. The van der Waals surface area contributed by atoms with Gasteiger partial charge in [0.15, 0.2) is 0 Å². The molecule has 0 aromatic carbocycles. The number of nitrogens with zero attached hydrogens (tertiary/aromatic N) is 1. The lowest BCUT2D eigenvalue weighted by Crippen LogP contribution is -2.37. The molecule has 2 saturated heterocycles. The maximum atomic E-state index is 12.5. The normalized spacial score (nSPS) is 42.6. The molecule has 2 amide bonds. The molecule has 5 atom stereocenters. The Hall–Kier alpha value is -1.16. The lowest BCUT2D eigenvalue weighted by atomic mass is 9.85. The third-order valence-electron chi connectivity index (χ3n) is 5.72. The van der Waals surface area contributed by atoms with Crippen molar-refractivity contribution in [2.75, 3.05) is 19.6 Å². The van der Waals surface area contributed by atoms with Crippen molar-refractivity contribution in [3.63, 3.8) is 0 Å². The van der Waals surface area contributed by atoms with Gasteiger partial charge in [-0.25, -0.2) is 0 Å². The number of piperidine rings is 1. The molecule has 4 nitrogen and oxygen atoms in total. The predicted molar refractivity (Wildman–Crippen MR) is 74.6 cm³/mol. The highest BCUT2D eigenvalue weighted by Gasteiger charge is 2.58. The largest absolute Gasteiger partial charge is 0.316 e. The standard InChI is InChI=1S/C16H22N2O2/c19-15-13-11-3-4-12(8-11)14(13)16(20)18(15)7-5-10-2-1-6-17-9-10/h3-4,10-14,17H,1-2,5-9H2. The first-order chi connectivity index (χ1) is 9.75. The Bertz CT molecular complexity index is 437. The van der Waals surface area contributed by atoms with Crippen LogP contribution in [0.4, 0.5) is 0 Å². The molecule has 4 heteroatoms. The van der Waals surface area contributed by atoms with Gasteiger partial charge in [-0.05, 0) is 56.5 Å². The van der Waals surface area contributed by atoms with Crippen molar-refractivity contribution in [3.05, 3.63) is 12.2 Å². The summed E-state index contributed by atoms with van der Waals surface area (Å²) in [5.41, 5.74) is 0. The second-order valence-corrected chi connectivity index (χ2v) is 6.83. The molecule has 4 rings (SSSR count). The third kappa shape index (κ3) is 1.77. The van der Waals surface area contributed by atoms with Crippen LogP contribution in [0.3, 0.4) is 0 Å². The van der Waals surface area contributed by atoms with Crippen LogP contribution in [0.15, 0.2) is 12.2 Å². The van der Waals surface area contributed by atoms with Crippen molar-refractivity contribution < 1.29 is 9.59 Å². The fraction of sp³-hybridized carbons (Fsp3) is 0.750. The fourth-order valence-electron chi connectivity index (χ4n) is 4.67. The van der Waals surface area contributed by atoms with Crippen LogP contribution in [0.5, 0.6) is 0 Å². The molecule has 0 spiro atoms. The summed E-state index contributed by atoms with van der Waals surface area (Å²) in [6.45, 7) is 2.78. The SMILES string of the molecule is O=C1C2C3C=CC(C3)C2C(=O)N1CCC1CCCNC1. The molecule has 0 aromatic heterocycles. The lowest BCUT2D eigenvalue weighted by Gasteiger charge is -2.25. The van der Waals surface area contributed by atoms with Crippen molar-refractivity contribution in [2.45, 2.75) is 25.7 Å². The van der Waals surface area contributed by atoms with Crippen LogP contribution in [-0.2, 0) is 9.59 Å². The Kier molecular flexibility index (Phi) is 2.95. The molecule has 3 fully saturated rings. The van der Waals surface area contributed by atoms with E-state index in [1.807, 2.05) is 0 Å². The fourth-order valence-corrected chi connectivity index (χ4v) is 4.67. The number of carbonyl (C=O) groups is 2. The Labute approximate surface area is 119 Å². The van der Waals surface area contributed by atoms with Gasteiger partial charge < -0.3 is 5.32 Å². The average Bonchev–Trinajstić information content (AvgIpc) is 3.13. The van der Waals surface area contributed by atoms with E-state index in [4.69, 9.17) is 0 Å². The van der Waals surface area contributed by atoms with Gasteiger partial charge in [0.05, 0.1) is 11.8 Å². The molecule has 2 heterocycles. The highest BCUT2D eigenvalue weighted by molar-refractivity contribution is 6.06. The van der Waals surface area contributed by atoms with Crippen molar-refractivity contribution >= 4 is 11.8 Å². The summed E-state index contributed by atoms with van der Waals surface area (Å²) in [5, 5.41) is 3.40. The number of hydrogen-bond acceptors (Lipinski definition) is 3. The third-order valence-corrected chi connectivity index (χ3v) is 5.72. The summed E-state index contributed by atoms with van der Waals surface area (Å²) >= 11 is 0. The number of nitrogens with one attached hydrogen (secondary N) is 1. The minimum atomic E-state index is -0.0259. The van der Waals surface area contributed by atoms with Gasteiger partial charge in [-0.1, -0.05) is 12.2 Å². The van der Waals surface area contributed by atoms with Crippen molar-refractivity contribution in [1.82, 2.24) is 10.2 Å². The lowest BCUT2D eigenvalue weighted by molar-refractivity contribution is -0.140. The zero-order valence-corrected chi connectivity index (χ0v) is 11.8. The molecular formula is C16H22N2O2. The molecule has 1 saturated carbocycles. The molecule has 2 aliphatic carbocycles. The first-order valence-electron chi connectivity index (χ1n) is 8.00. The van der Waals surface area contributed by atoms with E-state index in [9.17, 15) is 9.59 Å². The quantitative estimate of drug-likeness (QED) is 0.621. The van der Waals surface area contributed by atoms with E-state index in [2.05, 4.69) is 17.5 Å². The smallest absolute Gasteiger partial charge is 0.233 e. The Morgan fingerprint density at radius 2 is 1.85 bits per heavy atom. The molecular weight excluding hydrogens is 252 g/mol. The summed E-state index contributed by atoms with van der Waals surface area (Å²) in [6, 6.07) is 0. The number of fused-ring (bicyclic) bond motifs is 5. The Morgan fingerprint density at radius 3 is 2.45 bits per heavy atom. The van der Waals surface area contributed by atoms with Gasteiger partial charge in [0, 0.05) is 6.54 Å². The molecule has 1 N–H and O–H groups in total. The van der Waals surface area contributed by atoms with Crippen LogP contribution in [-0.4, -0.2) is 36.3 Å². The van der Waals surface area contributed by atoms with Gasteiger partial charge in [-0.15, -0.1) is 0 Å². The monoisotopic (exact) mass is 274 g/mol. The number of imide groups is 1. The van der Waals surface area contributed by atoms with Crippen LogP contribution in [0.2, 0.25) is 0 Å². The molecule has 0 radical (unpaired) electrons. The van der Waals surface area contributed by atoms with Gasteiger partial charge in [-0.2, -0.15) is 0 Å². The number of hydrogen-bond donors (Lipinski definition) is 1. The van der Waals surface area contributed by atoms with Crippen LogP contribution in [0.25, 0.3) is 0 Å². The minimum Gasteiger partial charge on any atom is -0.316 e. The second-order valence-electron chi connectivity index (χ2n) is 6.83. The molecule has 4 aliphatic rings. The Balaban J connectivity index is 1.42. The van der Waals surface area contributed by atoms with E-state index < -0.39 is 0 Å². The number of amides is 2. The Morgan fingerprint density at radius 1 is 1.15 bits per heavy atom. The van der Waals surface area contributed by atoms with Gasteiger partial charge in [-0.3, -0.25) is 14.5 Å². The van der Waals surface area contributed by atoms with E-state index in [-0.39, 0.29) is 23.7 Å². The molecule has 2 bridgehead atoms. The summed E-state index contributed by atoms with van der Waals surface area (Å²) in [4.78, 5) is 26.6. The molecule has 108 valence electrons. The molecule has 2 aliphatic heterocycles. The number of rotatable bonds is 3. The van der Waals surface area contributed by atoms with Crippen LogP contribution >= 0.6 is 0 Å². The van der Waals surface area contributed by atoms with Gasteiger partial charge in [0.1, 0.15) is 0 Å². The van der Waals surface area contributed by atoms with Gasteiger partial charge in [0.25, 0.3) is 0 Å².